The van der Waals surface area contributed by atoms with E-state index in [1.807, 2.05) is 19.2 Å². The Morgan fingerprint density at radius 2 is 2.00 bits per heavy atom. The van der Waals surface area contributed by atoms with Crippen LogP contribution >= 0.6 is 0 Å². The number of hydrogen-bond donors (Lipinski definition) is 1. The van der Waals surface area contributed by atoms with E-state index in [1.54, 1.807) is 26.2 Å². The van der Waals surface area contributed by atoms with Crippen molar-refractivity contribution < 1.29 is 9.90 Å². The van der Waals surface area contributed by atoms with Gasteiger partial charge in [-0.05, 0) is 51.6 Å². The number of nitrogens with zero attached hydrogens (tertiary/aromatic N) is 2. The molecule has 0 fully saturated rings. The first-order valence-electron chi connectivity index (χ1n) is 5.72. The summed E-state index contributed by atoms with van der Waals surface area (Å²) in [6.45, 7) is 5.10. The fourth-order valence-corrected chi connectivity index (χ4v) is 1.46. The number of carbonyl (C=O) groups is 1. The van der Waals surface area contributed by atoms with Gasteiger partial charge in [0.2, 0.25) is 0 Å². The Kier molecular flexibility index (Phi) is 4.63. The molecule has 0 saturated carbocycles. The van der Waals surface area contributed by atoms with E-state index in [2.05, 4.69) is 9.88 Å². The van der Waals surface area contributed by atoms with Crippen molar-refractivity contribution in [2.75, 3.05) is 13.6 Å². The van der Waals surface area contributed by atoms with Gasteiger partial charge in [0, 0.05) is 18.9 Å². The molecule has 17 heavy (non-hydrogen) atoms. The third kappa shape index (κ3) is 4.53. The zero-order valence-electron chi connectivity index (χ0n) is 10.7. The van der Waals surface area contributed by atoms with Crippen LogP contribution < -0.4 is 0 Å². The number of carboxylic acid groups (broad SMARTS) is 1. The van der Waals surface area contributed by atoms with Crippen LogP contribution in [0.15, 0.2) is 24.5 Å². The lowest BCUT2D eigenvalue weighted by Gasteiger charge is -2.23. The Labute approximate surface area is 102 Å². The van der Waals surface area contributed by atoms with E-state index >= 15 is 0 Å². The summed E-state index contributed by atoms with van der Waals surface area (Å²) in [5.74, 6) is -0.741. The molecule has 0 saturated heterocycles. The molecule has 0 aliphatic rings. The second-order valence-electron chi connectivity index (χ2n) is 5.03. The van der Waals surface area contributed by atoms with Crippen LogP contribution in [0.1, 0.15) is 25.8 Å². The van der Waals surface area contributed by atoms with E-state index < -0.39 is 11.4 Å². The minimum Gasteiger partial charge on any atom is -0.481 e. The first-order chi connectivity index (χ1) is 7.92. The lowest BCUT2D eigenvalue weighted by Crippen LogP contribution is -2.29. The van der Waals surface area contributed by atoms with Crippen molar-refractivity contribution in [3.8, 4) is 0 Å². The minimum absolute atomic E-state index is 0.643. The summed E-state index contributed by atoms with van der Waals surface area (Å²) in [5.41, 5.74) is 0.530. The Morgan fingerprint density at radius 1 is 1.41 bits per heavy atom. The monoisotopic (exact) mass is 236 g/mol. The van der Waals surface area contributed by atoms with E-state index in [-0.39, 0.29) is 0 Å². The maximum absolute atomic E-state index is 11.0. The molecule has 0 spiro atoms. The predicted octanol–water partition coefficient (Wildman–Crippen LogP) is 2.01. The second kappa shape index (κ2) is 5.77. The molecule has 0 amide bonds. The van der Waals surface area contributed by atoms with Gasteiger partial charge in [-0.1, -0.05) is 0 Å². The fourth-order valence-electron chi connectivity index (χ4n) is 1.46. The van der Waals surface area contributed by atoms with Crippen LogP contribution in [-0.4, -0.2) is 34.6 Å². The van der Waals surface area contributed by atoms with Gasteiger partial charge in [0.05, 0.1) is 5.41 Å². The van der Waals surface area contributed by atoms with Crippen LogP contribution in [0.3, 0.4) is 0 Å². The Hall–Kier alpha value is -1.42. The molecule has 0 unspecified atom stereocenters. The number of carboxylic acids is 1. The van der Waals surface area contributed by atoms with Crippen molar-refractivity contribution in [1.82, 2.24) is 9.88 Å². The first-order valence-corrected chi connectivity index (χ1v) is 5.72. The quantitative estimate of drug-likeness (QED) is 0.821. The van der Waals surface area contributed by atoms with Crippen molar-refractivity contribution in [2.24, 2.45) is 5.41 Å². The molecule has 0 bridgehead atoms. The van der Waals surface area contributed by atoms with Gasteiger partial charge in [-0.3, -0.25) is 9.78 Å². The average Bonchev–Trinajstić information content (AvgIpc) is 2.28. The fraction of sp³-hybridized carbons (Fsp3) is 0.538. The summed E-state index contributed by atoms with van der Waals surface area (Å²) in [4.78, 5) is 17.1. The summed E-state index contributed by atoms with van der Waals surface area (Å²) in [6, 6.07) is 3.94. The van der Waals surface area contributed by atoms with Gasteiger partial charge in [-0.15, -0.1) is 0 Å². The van der Waals surface area contributed by atoms with Crippen molar-refractivity contribution >= 4 is 5.97 Å². The SMILES string of the molecule is CN(CCC(C)(C)C(=O)O)Cc1ccncc1. The van der Waals surface area contributed by atoms with E-state index in [1.165, 1.54) is 5.56 Å². The van der Waals surface area contributed by atoms with Crippen LogP contribution in [0.25, 0.3) is 0 Å². The van der Waals surface area contributed by atoms with Gasteiger partial charge in [0.1, 0.15) is 0 Å². The predicted molar refractivity (Wildman–Crippen MR) is 66.6 cm³/mol. The summed E-state index contributed by atoms with van der Waals surface area (Å²) in [6.07, 6.45) is 4.18. The first kappa shape index (κ1) is 13.6. The summed E-state index contributed by atoms with van der Waals surface area (Å²) >= 11 is 0. The molecule has 4 nitrogen and oxygen atoms in total. The molecular formula is C13H20N2O2. The third-order valence-electron chi connectivity index (χ3n) is 2.90. The van der Waals surface area contributed by atoms with Crippen LogP contribution in [0.5, 0.6) is 0 Å². The van der Waals surface area contributed by atoms with E-state index in [0.717, 1.165) is 13.1 Å². The molecule has 0 aliphatic carbocycles. The average molecular weight is 236 g/mol. The minimum atomic E-state index is -0.741. The van der Waals surface area contributed by atoms with E-state index in [0.29, 0.717) is 6.42 Å². The van der Waals surface area contributed by atoms with Crippen molar-refractivity contribution in [1.29, 1.82) is 0 Å². The Balaban J connectivity index is 2.41. The molecule has 1 aromatic heterocycles. The van der Waals surface area contributed by atoms with Crippen LogP contribution in [0.4, 0.5) is 0 Å². The van der Waals surface area contributed by atoms with Crippen LogP contribution in [0, 0.1) is 5.41 Å². The zero-order chi connectivity index (χ0) is 12.9. The van der Waals surface area contributed by atoms with Gasteiger partial charge in [-0.25, -0.2) is 0 Å². The van der Waals surface area contributed by atoms with Gasteiger partial charge in [0.15, 0.2) is 0 Å². The topological polar surface area (TPSA) is 53.4 Å². The maximum atomic E-state index is 11.0. The Morgan fingerprint density at radius 3 is 2.53 bits per heavy atom. The van der Waals surface area contributed by atoms with Gasteiger partial charge in [-0.2, -0.15) is 0 Å². The Bertz CT molecular complexity index is 363. The maximum Gasteiger partial charge on any atom is 0.309 e. The standard InChI is InChI=1S/C13H20N2O2/c1-13(2,12(16)17)6-9-15(3)10-11-4-7-14-8-5-11/h4-5,7-8H,6,9-10H2,1-3H3,(H,16,17). The highest BCUT2D eigenvalue weighted by molar-refractivity contribution is 5.73. The van der Waals surface area contributed by atoms with Crippen LogP contribution in [-0.2, 0) is 11.3 Å². The normalized spacial score (nSPS) is 11.8. The lowest BCUT2D eigenvalue weighted by molar-refractivity contribution is -0.147. The summed E-state index contributed by atoms with van der Waals surface area (Å²) in [5, 5.41) is 9.02. The molecule has 0 aliphatic heterocycles. The van der Waals surface area contributed by atoms with E-state index in [9.17, 15) is 4.79 Å². The van der Waals surface area contributed by atoms with Gasteiger partial charge < -0.3 is 10.0 Å². The molecule has 4 heteroatoms. The lowest BCUT2D eigenvalue weighted by atomic mass is 9.89. The number of rotatable bonds is 6. The van der Waals surface area contributed by atoms with Crippen LogP contribution in [0.2, 0.25) is 0 Å². The molecule has 0 radical (unpaired) electrons. The van der Waals surface area contributed by atoms with Gasteiger partial charge in [0.25, 0.3) is 0 Å². The highest BCUT2D eigenvalue weighted by atomic mass is 16.4. The molecule has 1 N–H and O–H groups in total. The van der Waals surface area contributed by atoms with Crippen molar-refractivity contribution in [3.63, 3.8) is 0 Å². The molecule has 0 aromatic carbocycles. The second-order valence-corrected chi connectivity index (χ2v) is 5.03. The molecule has 94 valence electrons. The molecule has 1 heterocycles. The molecule has 1 rings (SSSR count). The summed E-state index contributed by atoms with van der Waals surface area (Å²) in [7, 11) is 2.00. The van der Waals surface area contributed by atoms with E-state index in [4.69, 9.17) is 5.11 Å². The molecular weight excluding hydrogens is 216 g/mol. The number of pyridine rings is 1. The number of aromatic nitrogens is 1. The summed E-state index contributed by atoms with van der Waals surface area (Å²) < 4.78 is 0. The molecule has 1 aromatic rings. The van der Waals surface area contributed by atoms with Crippen molar-refractivity contribution in [3.05, 3.63) is 30.1 Å². The number of hydrogen-bond acceptors (Lipinski definition) is 3. The largest absolute Gasteiger partial charge is 0.481 e. The highest BCUT2D eigenvalue weighted by Gasteiger charge is 2.26. The smallest absolute Gasteiger partial charge is 0.309 e. The van der Waals surface area contributed by atoms with Gasteiger partial charge >= 0.3 is 5.97 Å². The zero-order valence-corrected chi connectivity index (χ0v) is 10.7. The number of aliphatic carboxylic acids is 1. The molecule has 0 atom stereocenters. The highest BCUT2D eigenvalue weighted by Crippen LogP contribution is 2.20. The van der Waals surface area contributed by atoms with Crippen molar-refractivity contribution in [2.45, 2.75) is 26.8 Å². The third-order valence-corrected chi connectivity index (χ3v) is 2.90.